The predicted molar refractivity (Wildman–Crippen MR) is 78.0 cm³/mol. The fourth-order valence-electron chi connectivity index (χ4n) is 3.14. The van der Waals surface area contributed by atoms with E-state index in [4.69, 9.17) is 17.3 Å². The summed E-state index contributed by atoms with van der Waals surface area (Å²) in [5, 5.41) is 0.815. The first-order chi connectivity index (χ1) is 8.47. The van der Waals surface area contributed by atoms with Gasteiger partial charge in [-0.15, -0.1) is 0 Å². The lowest BCUT2D eigenvalue weighted by molar-refractivity contribution is 0.123. The molecule has 3 heteroatoms. The van der Waals surface area contributed by atoms with Gasteiger partial charge in [0.1, 0.15) is 0 Å². The highest BCUT2D eigenvalue weighted by Gasteiger charge is 2.42. The molecule has 1 atom stereocenters. The second kappa shape index (κ2) is 5.20. The number of rotatable bonds is 3. The van der Waals surface area contributed by atoms with Gasteiger partial charge in [-0.05, 0) is 51.1 Å². The molecule has 100 valence electrons. The van der Waals surface area contributed by atoms with Gasteiger partial charge >= 0.3 is 0 Å². The van der Waals surface area contributed by atoms with Gasteiger partial charge in [-0.25, -0.2) is 0 Å². The minimum absolute atomic E-state index is 0.0353. The summed E-state index contributed by atoms with van der Waals surface area (Å²) in [5.41, 5.74) is 8.91. The van der Waals surface area contributed by atoms with Gasteiger partial charge in [0, 0.05) is 16.6 Å². The van der Waals surface area contributed by atoms with Gasteiger partial charge in [0.05, 0.1) is 0 Å². The summed E-state index contributed by atoms with van der Waals surface area (Å²) in [5.74, 6) is 0. The second-order valence-electron chi connectivity index (χ2n) is 5.69. The third kappa shape index (κ3) is 2.29. The molecule has 1 unspecified atom stereocenters. The number of benzene rings is 1. The molecule has 1 aliphatic carbocycles. The smallest absolute Gasteiger partial charge is 0.0482 e. The van der Waals surface area contributed by atoms with Gasteiger partial charge in [-0.1, -0.05) is 36.6 Å². The van der Waals surface area contributed by atoms with Crippen LogP contribution in [-0.2, 0) is 0 Å². The third-order valence-corrected chi connectivity index (χ3v) is 4.90. The zero-order valence-electron chi connectivity index (χ0n) is 11.5. The quantitative estimate of drug-likeness (QED) is 0.907. The molecule has 0 aliphatic heterocycles. The molecule has 0 aromatic heterocycles. The average Bonchev–Trinajstić information content (AvgIpc) is 2.82. The molecule has 1 aromatic carbocycles. The maximum atomic E-state index is 6.55. The molecule has 1 saturated carbocycles. The van der Waals surface area contributed by atoms with Crippen LogP contribution in [0, 0.1) is 6.92 Å². The number of nitrogens with two attached hydrogens (primary N) is 1. The molecule has 2 nitrogen and oxygen atoms in total. The number of halogens is 1. The highest BCUT2D eigenvalue weighted by molar-refractivity contribution is 6.31. The van der Waals surface area contributed by atoms with Crippen molar-refractivity contribution in [3.05, 3.63) is 34.3 Å². The number of hydrogen-bond acceptors (Lipinski definition) is 2. The fraction of sp³-hybridized carbons (Fsp3) is 0.600. The van der Waals surface area contributed by atoms with Crippen molar-refractivity contribution in [2.24, 2.45) is 5.73 Å². The van der Waals surface area contributed by atoms with Gasteiger partial charge in [-0.3, -0.25) is 0 Å². The number of hydrogen-bond donors (Lipinski definition) is 1. The van der Waals surface area contributed by atoms with Crippen LogP contribution in [0.5, 0.6) is 0 Å². The van der Waals surface area contributed by atoms with E-state index in [1.165, 1.54) is 25.7 Å². The standard InChI is InChI=1S/C15H23ClN2/c1-11-6-7-12(10-13(11)16)14(17)15(18(2)3)8-4-5-9-15/h6-7,10,14H,4-5,8-9,17H2,1-3H3. The Labute approximate surface area is 115 Å². The number of aryl methyl sites for hydroxylation is 1. The lowest BCUT2D eigenvalue weighted by Gasteiger charge is -2.41. The summed E-state index contributed by atoms with van der Waals surface area (Å²) >= 11 is 6.22. The minimum atomic E-state index is 0.0353. The summed E-state index contributed by atoms with van der Waals surface area (Å²) < 4.78 is 0. The van der Waals surface area contributed by atoms with Crippen molar-refractivity contribution < 1.29 is 0 Å². The Hall–Kier alpha value is -0.570. The fourth-order valence-corrected chi connectivity index (χ4v) is 3.33. The van der Waals surface area contributed by atoms with Crippen LogP contribution in [0.25, 0.3) is 0 Å². The van der Waals surface area contributed by atoms with Gasteiger partial charge < -0.3 is 10.6 Å². The molecule has 0 saturated heterocycles. The maximum absolute atomic E-state index is 6.55. The summed E-state index contributed by atoms with van der Waals surface area (Å²) in [6.07, 6.45) is 4.89. The Morgan fingerprint density at radius 3 is 2.39 bits per heavy atom. The summed E-state index contributed by atoms with van der Waals surface area (Å²) in [6, 6.07) is 6.25. The molecule has 2 rings (SSSR count). The molecule has 1 fully saturated rings. The molecular formula is C15H23ClN2. The van der Waals surface area contributed by atoms with E-state index in [2.05, 4.69) is 31.1 Å². The van der Waals surface area contributed by atoms with Crippen molar-refractivity contribution in [1.29, 1.82) is 0 Å². The molecule has 0 heterocycles. The van der Waals surface area contributed by atoms with E-state index < -0.39 is 0 Å². The lowest BCUT2D eigenvalue weighted by Crippen LogP contribution is -2.50. The van der Waals surface area contributed by atoms with Crippen molar-refractivity contribution in [2.75, 3.05) is 14.1 Å². The number of likely N-dealkylation sites (N-methyl/N-ethyl adjacent to an activating group) is 1. The Morgan fingerprint density at radius 2 is 1.89 bits per heavy atom. The molecule has 0 bridgehead atoms. The summed E-state index contributed by atoms with van der Waals surface area (Å²) in [6.45, 7) is 2.02. The first-order valence-electron chi connectivity index (χ1n) is 6.66. The molecule has 18 heavy (non-hydrogen) atoms. The van der Waals surface area contributed by atoms with Crippen LogP contribution in [0.15, 0.2) is 18.2 Å². The Kier molecular flexibility index (Phi) is 4.00. The highest BCUT2D eigenvalue weighted by Crippen LogP contribution is 2.42. The Bertz CT molecular complexity index is 423. The average molecular weight is 267 g/mol. The topological polar surface area (TPSA) is 29.3 Å². The van der Waals surface area contributed by atoms with Gasteiger partial charge in [-0.2, -0.15) is 0 Å². The molecule has 0 amide bonds. The van der Waals surface area contributed by atoms with Crippen molar-refractivity contribution >= 4 is 11.6 Å². The van der Waals surface area contributed by atoms with Gasteiger partial charge in [0.25, 0.3) is 0 Å². The van der Waals surface area contributed by atoms with E-state index in [1.807, 2.05) is 13.0 Å². The molecule has 0 spiro atoms. The third-order valence-electron chi connectivity index (χ3n) is 4.49. The first kappa shape index (κ1) is 13.9. The zero-order valence-corrected chi connectivity index (χ0v) is 12.3. The van der Waals surface area contributed by atoms with Crippen LogP contribution >= 0.6 is 11.6 Å². The zero-order chi connectivity index (χ0) is 13.3. The van der Waals surface area contributed by atoms with Crippen LogP contribution in [0.1, 0.15) is 42.9 Å². The van der Waals surface area contributed by atoms with E-state index in [0.29, 0.717) is 0 Å². The largest absolute Gasteiger partial charge is 0.322 e. The molecule has 1 aliphatic rings. The molecule has 1 aromatic rings. The highest BCUT2D eigenvalue weighted by atomic mass is 35.5. The van der Waals surface area contributed by atoms with Gasteiger partial charge in [0.2, 0.25) is 0 Å². The van der Waals surface area contributed by atoms with Crippen molar-refractivity contribution in [3.63, 3.8) is 0 Å². The Morgan fingerprint density at radius 1 is 1.28 bits per heavy atom. The van der Waals surface area contributed by atoms with Crippen LogP contribution in [0.2, 0.25) is 5.02 Å². The molecule has 2 N–H and O–H groups in total. The molecular weight excluding hydrogens is 244 g/mol. The van der Waals surface area contributed by atoms with E-state index >= 15 is 0 Å². The minimum Gasteiger partial charge on any atom is -0.322 e. The molecule has 0 radical (unpaired) electrons. The lowest BCUT2D eigenvalue weighted by atomic mass is 9.83. The predicted octanol–water partition coefficient (Wildman–Crippen LogP) is 3.52. The van der Waals surface area contributed by atoms with Gasteiger partial charge in [0.15, 0.2) is 0 Å². The maximum Gasteiger partial charge on any atom is 0.0482 e. The van der Waals surface area contributed by atoms with Crippen molar-refractivity contribution in [3.8, 4) is 0 Å². The van der Waals surface area contributed by atoms with E-state index in [1.54, 1.807) is 0 Å². The van der Waals surface area contributed by atoms with E-state index in [9.17, 15) is 0 Å². The second-order valence-corrected chi connectivity index (χ2v) is 6.10. The van der Waals surface area contributed by atoms with E-state index in [-0.39, 0.29) is 11.6 Å². The van der Waals surface area contributed by atoms with Crippen LogP contribution in [0.4, 0.5) is 0 Å². The SMILES string of the molecule is Cc1ccc(C(N)C2(N(C)C)CCCC2)cc1Cl. The van der Waals surface area contributed by atoms with Crippen LogP contribution < -0.4 is 5.73 Å². The summed E-state index contributed by atoms with van der Waals surface area (Å²) in [4.78, 5) is 2.30. The van der Waals surface area contributed by atoms with Crippen molar-refractivity contribution in [1.82, 2.24) is 4.90 Å². The Balaban J connectivity index is 2.33. The van der Waals surface area contributed by atoms with Crippen LogP contribution in [0.3, 0.4) is 0 Å². The van der Waals surface area contributed by atoms with Crippen LogP contribution in [-0.4, -0.2) is 24.5 Å². The van der Waals surface area contributed by atoms with E-state index in [0.717, 1.165) is 16.1 Å². The monoisotopic (exact) mass is 266 g/mol. The summed E-state index contributed by atoms with van der Waals surface area (Å²) in [7, 11) is 4.28. The first-order valence-corrected chi connectivity index (χ1v) is 7.04. The van der Waals surface area contributed by atoms with Crippen molar-refractivity contribution in [2.45, 2.75) is 44.2 Å². The normalized spacial score (nSPS) is 20.3. The number of nitrogens with zero attached hydrogens (tertiary/aromatic N) is 1.